The van der Waals surface area contributed by atoms with Crippen molar-refractivity contribution in [2.75, 3.05) is 6.54 Å². The molecule has 1 fully saturated rings. The number of hydrogen-bond donors (Lipinski definition) is 0. The molecule has 0 spiro atoms. The monoisotopic (exact) mass is 345 g/mol. The lowest BCUT2D eigenvalue weighted by Gasteiger charge is -2.28. The molecule has 5 nitrogen and oxygen atoms in total. The first-order valence-electron chi connectivity index (χ1n) is 9.45. The lowest BCUT2D eigenvalue weighted by molar-refractivity contribution is 0.237. The van der Waals surface area contributed by atoms with Crippen LogP contribution in [0.2, 0.25) is 0 Å². The van der Waals surface area contributed by atoms with Gasteiger partial charge in [-0.05, 0) is 18.4 Å². The van der Waals surface area contributed by atoms with Gasteiger partial charge in [-0.25, -0.2) is 15.0 Å². The van der Waals surface area contributed by atoms with E-state index in [1.165, 1.54) is 35.4 Å². The van der Waals surface area contributed by atoms with E-state index in [9.17, 15) is 0 Å². The number of benzene rings is 1. The second-order valence-corrected chi connectivity index (χ2v) is 7.43. The Morgan fingerprint density at radius 3 is 2.77 bits per heavy atom. The second-order valence-electron chi connectivity index (χ2n) is 7.43. The van der Waals surface area contributed by atoms with Gasteiger partial charge >= 0.3 is 0 Å². The normalized spacial score (nSPS) is 17.2. The van der Waals surface area contributed by atoms with Crippen molar-refractivity contribution in [2.45, 2.75) is 44.8 Å². The summed E-state index contributed by atoms with van der Waals surface area (Å²) in [5, 5.41) is 0. The summed E-state index contributed by atoms with van der Waals surface area (Å²) in [4.78, 5) is 16.3. The van der Waals surface area contributed by atoms with Gasteiger partial charge in [0.15, 0.2) is 0 Å². The molecule has 5 heteroatoms. The highest BCUT2D eigenvalue weighted by molar-refractivity contribution is 5.23. The van der Waals surface area contributed by atoms with Crippen LogP contribution in [0.4, 0.5) is 0 Å². The second kappa shape index (κ2) is 6.65. The molecular weight excluding hydrogens is 322 g/mol. The van der Waals surface area contributed by atoms with Crippen molar-refractivity contribution in [2.24, 2.45) is 0 Å². The SMILES string of the molecule is c1ccc(Cn2cncc2CN2CCc3nc(C4CC4)ncc3C2)cc1. The number of nitrogens with zero attached hydrogens (tertiary/aromatic N) is 5. The van der Waals surface area contributed by atoms with Crippen molar-refractivity contribution >= 4 is 0 Å². The first kappa shape index (κ1) is 15.7. The molecule has 0 unspecified atom stereocenters. The zero-order valence-corrected chi connectivity index (χ0v) is 14.9. The van der Waals surface area contributed by atoms with E-state index in [1.54, 1.807) is 0 Å². The average Bonchev–Trinajstić information content (AvgIpc) is 3.45. The van der Waals surface area contributed by atoms with Gasteiger partial charge in [0.1, 0.15) is 5.82 Å². The van der Waals surface area contributed by atoms with Crippen LogP contribution in [0, 0.1) is 0 Å². The summed E-state index contributed by atoms with van der Waals surface area (Å²) in [6.07, 6.45) is 9.52. The molecule has 0 amide bonds. The molecule has 0 bridgehead atoms. The number of hydrogen-bond acceptors (Lipinski definition) is 4. The summed E-state index contributed by atoms with van der Waals surface area (Å²) in [7, 11) is 0. The molecule has 3 heterocycles. The molecule has 2 aromatic heterocycles. The Bertz CT molecular complexity index is 898. The van der Waals surface area contributed by atoms with E-state index < -0.39 is 0 Å². The van der Waals surface area contributed by atoms with Crippen molar-refractivity contribution < 1.29 is 0 Å². The maximum atomic E-state index is 4.82. The van der Waals surface area contributed by atoms with E-state index in [0.717, 1.165) is 38.4 Å². The molecular formula is C21H23N5. The Kier molecular flexibility index (Phi) is 4.02. The van der Waals surface area contributed by atoms with Crippen LogP contribution in [-0.4, -0.2) is 31.0 Å². The lowest BCUT2D eigenvalue weighted by Crippen LogP contribution is -2.31. The van der Waals surface area contributed by atoms with Crippen LogP contribution in [0.1, 0.15) is 47.1 Å². The van der Waals surface area contributed by atoms with Crippen molar-refractivity contribution in [3.05, 3.63) is 77.4 Å². The summed E-state index contributed by atoms with van der Waals surface area (Å²) in [5.41, 5.74) is 5.11. The van der Waals surface area contributed by atoms with Crippen LogP contribution >= 0.6 is 0 Å². The fourth-order valence-electron chi connectivity index (χ4n) is 3.69. The van der Waals surface area contributed by atoms with Gasteiger partial charge in [-0.2, -0.15) is 0 Å². The number of fused-ring (bicyclic) bond motifs is 1. The van der Waals surface area contributed by atoms with Crippen LogP contribution in [0.25, 0.3) is 0 Å². The minimum Gasteiger partial charge on any atom is -0.329 e. The Labute approximate surface area is 153 Å². The predicted octanol–water partition coefficient (Wildman–Crippen LogP) is 3.16. The predicted molar refractivity (Wildman–Crippen MR) is 99.6 cm³/mol. The third-order valence-electron chi connectivity index (χ3n) is 5.35. The van der Waals surface area contributed by atoms with Crippen LogP contribution in [-0.2, 0) is 26.1 Å². The van der Waals surface area contributed by atoms with E-state index in [-0.39, 0.29) is 0 Å². The maximum absolute atomic E-state index is 4.82. The van der Waals surface area contributed by atoms with E-state index in [1.807, 2.05) is 12.5 Å². The third-order valence-corrected chi connectivity index (χ3v) is 5.35. The molecule has 1 aliphatic carbocycles. The van der Waals surface area contributed by atoms with E-state index in [2.05, 4.69) is 56.0 Å². The van der Waals surface area contributed by atoms with E-state index in [0.29, 0.717) is 5.92 Å². The lowest BCUT2D eigenvalue weighted by atomic mass is 10.1. The molecule has 1 aromatic carbocycles. The smallest absolute Gasteiger partial charge is 0.131 e. The van der Waals surface area contributed by atoms with Gasteiger partial charge in [-0.1, -0.05) is 30.3 Å². The van der Waals surface area contributed by atoms with Gasteiger partial charge in [0.2, 0.25) is 0 Å². The Morgan fingerprint density at radius 2 is 1.92 bits per heavy atom. The molecule has 0 N–H and O–H groups in total. The highest BCUT2D eigenvalue weighted by Gasteiger charge is 2.28. The fraction of sp³-hybridized carbons (Fsp3) is 0.381. The minimum atomic E-state index is 0.630. The van der Waals surface area contributed by atoms with Gasteiger partial charge in [0.25, 0.3) is 0 Å². The summed E-state index contributed by atoms with van der Waals surface area (Å²) < 4.78 is 2.25. The van der Waals surface area contributed by atoms with Gasteiger partial charge in [-0.3, -0.25) is 4.90 Å². The van der Waals surface area contributed by atoms with Crippen molar-refractivity contribution in [3.63, 3.8) is 0 Å². The first-order valence-corrected chi connectivity index (χ1v) is 9.45. The minimum absolute atomic E-state index is 0.630. The average molecular weight is 345 g/mol. The standard InChI is InChI=1S/C21H23N5/c1-2-4-16(5-3-1)12-26-15-22-11-19(26)14-25-9-8-20-18(13-25)10-23-21(24-20)17-6-7-17/h1-5,10-11,15,17H,6-9,12-14H2. The van der Waals surface area contributed by atoms with Crippen molar-refractivity contribution in [1.29, 1.82) is 0 Å². The Hall–Kier alpha value is -2.53. The summed E-state index contributed by atoms with van der Waals surface area (Å²) >= 11 is 0. The number of imidazole rings is 1. The molecule has 1 saturated carbocycles. The van der Waals surface area contributed by atoms with Crippen LogP contribution in [0.15, 0.2) is 49.1 Å². The molecule has 2 aliphatic rings. The summed E-state index contributed by atoms with van der Waals surface area (Å²) in [6, 6.07) is 10.6. The largest absolute Gasteiger partial charge is 0.329 e. The fourth-order valence-corrected chi connectivity index (χ4v) is 3.69. The molecule has 3 aromatic rings. The van der Waals surface area contributed by atoms with Gasteiger partial charge in [-0.15, -0.1) is 0 Å². The van der Waals surface area contributed by atoms with Gasteiger partial charge in [0.05, 0.1) is 12.0 Å². The summed E-state index contributed by atoms with van der Waals surface area (Å²) in [5.74, 6) is 1.70. The third kappa shape index (κ3) is 3.27. The molecule has 132 valence electrons. The number of rotatable bonds is 5. The topological polar surface area (TPSA) is 46.8 Å². The maximum Gasteiger partial charge on any atom is 0.131 e. The molecule has 0 radical (unpaired) electrons. The molecule has 0 atom stereocenters. The first-order chi connectivity index (χ1) is 12.8. The highest BCUT2D eigenvalue weighted by Crippen LogP contribution is 2.38. The van der Waals surface area contributed by atoms with E-state index in [4.69, 9.17) is 4.98 Å². The summed E-state index contributed by atoms with van der Waals surface area (Å²) in [6.45, 7) is 3.76. The Morgan fingerprint density at radius 1 is 1.04 bits per heavy atom. The highest BCUT2D eigenvalue weighted by atomic mass is 15.2. The molecule has 1 aliphatic heterocycles. The zero-order chi connectivity index (χ0) is 17.3. The van der Waals surface area contributed by atoms with Crippen LogP contribution < -0.4 is 0 Å². The van der Waals surface area contributed by atoms with Gasteiger partial charge in [0, 0.05) is 62.2 Å². The Balaban J connectivity index is 1.28. The quantitative estimate of drug-likeness (QED) is 0.713. The van der Waals surface area contributed by atoms with Gasteiger partial charge < -0.3 is 4.57 Å². The number of aromatic nitrogens is 4. The van der Waals surface area contributed by atoms with Crippen LogP contribution in [0.3, 0.4) is 0 Å². The van der Waals surface area contributed by atoms with E-state index >= 15 is 0 Å². The van der Waals surface area contributed by atoms with Crippen molar-refractivity contribution in [1.82, 2.24) is 24.4 Å². The zero-order valence-electron chi connectivity index (χ0n) is 14.9. The van der Waals surface area contributed by atoms with Crippen LogP contribution in [0.5, 0.6) is 0 Å². The molecule has 26 heavy (non-hydrogen) atoms. The molecule has 5 rings (SSSR count). The molecule has 0 saturated heterocycles. The van der Waals surface area contributed by atoms with Crippen molar-refractivity contribution in [3.8, 4) is 0 Å².